The molecule has 0 bridgehead atoms. The Kier molecular flexibility index (Phi) is 3.09. The molecule has 14 heavy (non-hydrogen) atoms. The second-order valence-corrected chi connectivity index (χ2v) is 4.16. The Morgan fingerprint density at radius 1 is 1.57 bits per heavy atom. The molecule has 0 aliphatic carbocycles. The highest BCUT2D eigenvalue weighted by Gasteiger charge is 2.14. The van der Waals surface area contributed by atoms with Gasteiger partial charge in [-0.15, -0.1) is 0 Å². The molecule has 1 rings (SSSR count). The van der Waals surface area contributed by atoms with E-state index in [1.807, 2.05) is 10.8 Å². The molecule has 0 radical (unpaired) electrons. The number of halogens is 1. The first-order valence-corrected chi connectivity index (χ1v) is 4.74. The van der Waals surface area contributed by atoms with Gasteiger partial charge in [-0.3, -0.25) is 4.79 Å². The van der Waals surface area contributed by atoms with Crippen molar-refractivity contribution in [3.05, 3.63) is 24.0 Å². The van der Waals surface area contributed by atoms with Crippen LogP contribution < -0.4 is 0 Å². The SMILES string of the molecule is CC(=O)c1ccn(CCC(C)(C)F)c1. The van der Waals surface area contributed by atoms with E-state index in [0.717, 1.165) is 0 Å². The zero-order valence-electron chi connectivity index (χ0n) is 8.88. The van der Waals surface area contributed by atoms with Gasteiger partial charge in [0, 0.05) is 24.5 Å². The molecule has 3 heteroatoms. The molecular weight excluding hydrogens is 181 g/mol. The minimum atomic E-state index is -1.15. The van der Waals surface area contributed by atoms with Crippen LogP contribution in [0.15, 0.2) is 18.5 Å². The van der Waals surface area contributed by atoms with Crippen LogP contribution in [0.5, 0.6) is 0 Å². The summed E-state index contributed by atoms with van der Waals surface area (Å²) in [6.07, 6.45) is 4.02. The Morgan fingerprint density at radius 3 is 2.64 bits per heavy atom. The van der Waals surface area contributed by atoms with E-state index < -0.39 is 5.67 Å². The number of carbonyl (C=O) groups is 1. The highest BCUT2D eigenvalue weighted by atomic mass is 19.1. The molecule has 0 spiro atoms. The van der Waals surface area contributed by atoms with E-state index in [4.69, 9.17) is 0 Å². The molecule has 0 saturated carbocycles. The molecule has 78 valence electrons. The van der Waals surface area contributed by atoms with Gasteiger partial charge in [-0.25, -0.2) is 4.39 Å². The third-order valence-electron chi connectivity index (χ3n) is 2.12. The number of carbonyl (C=O) groups excluding carboxylic acids is 1. The van der Waals surface area contributed by atoms with Crippen molar-refractivity contribution in [1.29, 1.82) is 0 Å². The molecule has 1 heterocycles. The number of aryl methyl sites for hydroxylation is 1. The van der Waals surface area contributed by atoms with Gasteiger partial charge in [0.05, 0.1) is 0 Å². The molecule has 0 saturated heterocycles. The molecule has 0 aliphatic rings. The Bertz CT molecular complexity index is 322. The molecule has 2 nitrogen and oxygen atoms in total. The van der Waals surface area contributed by atoms with Crippen LogP contribution in [0.2, 0.25) is 0 Å². The van der Waals surface area contributed by atoms with Crippen molar-refractivity contribution in [2.24, 2.45) is 0 Å². The number of hydrogen-bond donors (Lipinski definition) is 0. The van der Waals surface area contributed by atoms with Gasteiger partial charge < -0.3 is 4.57 Å². The Labute approximate surface area is 83.7 Å². The van der Waals surface area contributed by atoms with E-state index in [1.54, 1.807) is 26.1 Å². The lowest BCUT2D eigenvalue weighted by Gasteiger charge is -2.13. The predicted octanol–water partition coefficient (Wildman–Crippen LogP) is 2.83. The summed E-state index contributed by atoms with van der Waals surface area (Å²) in [5.41, 5.74) is -0.470. The van der Waals surface area contributed by atoms with Gasteiger partial charge in [0.2, 0.25) is 0 Å². The predicted molar refractivity (Wildman–Crippen MR) is 54.2 cm³/mol. The number of ketones is 1. The lowest BCUT2D eigenvalue weighted by molar-refractivity contribution is 0.101. The fraction of sp³-hybridized carbons (Fsp3) is 0.545. The van der Waals surface area contributed by atoms with Gasteiger partial charge in [0.15, 0.2) is 5.78 Å². The number of hydrogen-bond acceptors (Lipinski definition) is 1. The number of rotatable bonds is 4. The summed E-state index contributed by atoms with van der Waals surface area (Å²) in [4.78, 5) is 11.0. The molecule has 1 aromatic heterocycles. The van der Waals surface area contributed by atoms with Crippen LogP contribution in [-0.2, 0) is 6.54 Å². The average molecular weight is 197 g/mol. The van der Waals surface area contributed by atoms with Crippen molar-refractivity contribution in [2.45, 2.75) is 39.4 Å². The smallest absolute Gasteiger partial charge is 0.161 e. The summed E-state index contributed by atoms with van der Waals surface area (Å²) in [6, 6.07) is 1.76. The normalized spacial score (nSPS) is 11.7. The lowest BCUT2D eigenvalue weighted by Crippen LogP contribution is -2.14. The zero-order valence-corrected chi connectivity index (χ0v) is 8.88. The zero-order chi connectivity index (χ0) is 10.8. The highest BCUT2D eigenvalue weighted by molar-refractivity contribution is 5.93. The van der Waals surface area contributed by atoms with Crippen LogP contribution in [0.25, 0.3) is 0 Å². The van der Waals surface area contributed by atoms with Crippen LogP contribution in [0.4, 0.5) is 4.39 Å². The quantitative estimate of drug-likeness (QED) is 0.680. The molecule has 0 aliphatic heterocycles. The Morgan fingerprint density at radius 2 is 2.21 bits per heavy atom. The molecule has 0 fully saturated rings. The molecule has 0 unspecified atom stereocenters. The van der Waals surface area contributed by atoms with E-state index in [0.29, 0.717) is 18.5 Å². The van der Waals surface area contributed by atoms with Gasteiger partial charge in [0.1, 0.15) is 5.67 Å². The monoisotopic (exact) mass is 197 g/mol. The third kappa shape index (κ3) is 3.32. The van der Waals surface area contributed by atoms with Crippen LogP contribution >= 0.6 is 0 Å². The summed E-state index contributed by atoms with van der Waals surface area (Å²) in [6.45, 7) is 5.25. The Balaban J connectivity index is 2.56. The van der Waals surface area contributed by atoms with E-state index in [2.05, 4.69) is 0 Å². The second kappa shape index (κ2) is 3.95. The minimum Gasteiger partial charge on any atom is -0.353 e. The molecule has 0 atom stereocenters. The Hall–Kier alpha value is -1.12. The number of alkyl halides is 1. The van der Waals surface area contributed by atoms with Crippen molar-refractivity contribution in [1.82, 2.24) is 4.57 Å². The maximum Gasteiger partial charge on any atom is 0.161 e. The second-order valence-electron chi connectivity index (χ2n) is 4.16. The van der Waals surface area contributed by atoms with Crippen LogP contribution in [-0.4, -0.2) is 16.0 Å². The van der Waals surface area contributed by atoms with Crippen molar-refractivity contribution in [3.8, 4) is 0 Å². The van der Waals surface area contributed by atoms with E-state index in [-0.39, 0.29) is 5.78 Å². The van der Waals surface area contributed by atoms with Gasteiger partial charge in [-0.1, -0.05) is 0 Å². The first-order valence-electron chi connectivity index (χ1n) is 4.74. The first kappa shape index (κ1) is 11.0. The van der Waals surface area contributed by atoms with Crippen molar-refractivity contribution in [2.75, 3.05) is 0 Å². The van der Waals surface area contributed by atoms with E-state index in [1.165, 1.54) is 6.92 Å². The first-order chi connectivity index (χ1) is 6.38. The molecule has 0 amide bonds. The molecule has 1 aromatic rings. The summed E-state index contributed by atoms with van der Waals surface area (Å²) in [5.74, 6) is 0.0447. The van der Waals surface area contributed by atoms with Gasteiger partial charge in [-0.2, -0.15) is 0 Å². The average Bonchev–Trinajstić information content (AvgIpc) is 2.47. The fourth-order valence-corrected chi connectivity index (χ4v) is 1.18. The maximum atomic E-state index is 13.2. The van der Waals surface area contributed by atoms with Gasteiger partial charge >= 0.3 is 0 Å². The van der Waals surface area contributed by atoms with Crippen molar-refractivity contribution >= 4 is 5.78 Å². The number of nitrogens with zero attached hydrogens (tertiary/aromatic N) is 1. The maximum absolute atomic E-state index is 13.2. The third-order valence-corrected chi connectivity index (χ3v) is 2.12. The van der Waals surface area contributed by atoms with Gasteiger partial charge in [-0.05, 0) is 33.3 Å². The van der Waals surface area contributed by atoms with Gasteiger partial charge in [0.25, 0.3) is 0 Å². The molecule has 0 aromatic carbocycles. The number of aromatic nitrogens is 1. The fourth-order valence-electron chi connectivity index (χ4n) is 1.18. The number of Topliss-reactive ketones (excluding diaryl/α,β-unsaturated/α-hetero) is 1. The summed E-state index contributed by atoms with van der Waals surface area (Å²) in [7, 11) is 0. The summed E-state index contributed by atoms with van der Waals surface area (Å²) in [5, 5.41) is 0. The highest BCUT2D eigenvalue weighted by Crippen LogP contribution is 2.15. The molecular formula is C11H16FNO. The van der Waals surface area contributed by atoms with Crippen LogP contribution in [0.3, 0.4) is 0 Å². The minimum absolute atomic E-state index is 0.0447. The largest absolute Gasteiger partial charge is 0.353 e. The lowest BCUT2D eigenvalue weighted by atomic mass is 10.1. The van der Waals surface area contributed by atoms with Crippen molar-refractivity contribution in [3.63, 3.8) is 0 Å². The summed E-state index contributed by atoms with van der Waals surface area (Å²) < 4.78 is 15.0. The van der Waals surface area contributed by atoms with E-state index in [9.17, 15) is 9.18 Å². The summed E-state index contributed by atoms with van der Waals surface area (Å²) >= 11 is 0. The molecule has 0 N–H and O–H groups in total. The van der Waals surface area contributed by atoms with Crippen LogP contribution in [0, 0.1) is 0 Å². The van der Waals surface area contributed by atoms with Crippen molar-refractivity contribution < 1.29 is 9.18 Å². The van der Waals surface area contributed by atoms with Crippen LogP contribution in [0.1, 0.15) is 37.6 Å². The van der Waals surface area contributed by atoms with E-state index >= 15 is 0 Å². The topological polar surface area (TPSA) is 22.0 Å². The standard InChI is InChI=1S/C11H16FNO/c1-9(14)10-4-6-13(8-10)7-5-11(2,3)12/h4,6,8H,5,7H2,1-3H3.